The van der Waals surface area contributed by atoms with E-state index in [0.29, 0.717) is 35.3 Å². The van der Waals surface area contributed by atoms with Crippen molar-refractivity contribution in [3.8, 4) is 11.5 Å². The number of nitrogens with two attached hydrogens (primary N) is 1. The molecule has 2 aliphatic heterocycles. The van der Waals surface area contributed by atoms with E-state index in [0.717, 1.165) is 51.8 Å². The van der Waals surface area contributed by atoms with E-state index in [1.165, 1.54) is 0 Å². The van der Waals surface area contributed by atoms with Crippen molar-refractivity contribution in [2.24, 2.45) is 0 Å². The van der Waals surface area contributed by atoms with Gasteiger partial charge < -0.3 is 29.7 Å². The molecule has 0 radical (unpaired) electrons. The van der Waals surface area contributed by atoms with Crippen LogP contribution >= 0.6 is 0 Å². The molecule has 1 saturated heterocycles. The number of carbonyl (C=O) groups excluding carboxylic acids is 1. The minimum atomic E-state index is -0.604. The molecule has 2 N–H and O–H groups in total. The van der Waals surface area contributed by atoms with Gasteiger partial charge >= 0.3 is 0 Å². The van der Waals surface area contributed by atoms with E-state index in [4.69, 9.17) is 19.9 Å². The lowest BCUT2D eigenvalue weighted by Crippen LogP contribution is -2.47. The van der Waals surface area contributed by atoms with Crippen molar-refractivity contribution in [1.29, 1.82) is 0 Å². The zero-order valence-corrected chi connectivity index (χ0v) is 20.1. The summed E-state index contributed by atoms with van der Waals surface area (Å²) in [4.78, 5) is 27.5. The fraction of sp³-hybridized carbons (Fsp3) is 0.458. The van der Waals surface area contributed by atoms with Crippen molar-refractivity contribution >= 4 is 17.7 Å². The fourth-order valence-corrected chi connectivity index (χ4v) is 4.18. The largest absolute Gasteiger partial charge is 0.497 e. The number of amides is 1. The van der Waals surface area contributed by atoms with Gasteiger partial charge in [0.25, 0.3) is 5.91 Å². The highest BCUT2D eigenvalue weighted by atomic mass is 19.1. The molecule has 2 aromatic rings. The van der Waals surface area contributed by atoms with Gasteiger partial charge in [-0.3, -0.25) is 9.69 Å². The Morgan fingerprint density at radius 1 is 1.14 bits per heavy atom. The molecule has 0 atom stereocenters. The number of halogens is 1. The lowest BCUT2D eigenvalue weighted by molar-refractivity contribution is 0.0771. The Bertz CT molecular complexity index is 1070. The van der Waals surface area contributed by atoms with Crippen molar-refractivity contribution < 1.29 is 23.4 Å². The number of piperazine rings is 1. The summed E-state index contributed by atoms with van der Waals surface area (Å²) in [6.45, 7) is 4.91. The number of fused-ring (bicyclic) bond motifs is 1. The number of anilines is 2. The molecule has 1 aromatic heterocycles. The molecule has 0 saturated carbocycles. The van der Waals surface area contributed by atoms with Crippen LogP contribution in [0.15, 0.2) is 36.4 Å². The second-order valence-electron chi connectivity index (χ2n) is 8.42. The third kappa shape index (κ3) is 5.80. The van der Waals surface area contributed by atoms with Crippen LogP contribution in [-0.4, -0.2) is 85.8 Å². The lowest BCUT2D eigenvalue weighted by Gasteiger charge is -2.34. The van der Waals surface area contributed by atoms with Gasteiger partial charge in [-0.15, -0.1) is 0 Å². The van der Waals surface area contributed by atoms with Crippen LogP contribution in [0, 0.1) is 5.82 Å². The first-order valence-corrected chi connectivity index (χ1v) is 11.6. The lowest BCUT2D eigenvalue weighted by atomic mass is 10.1. The minimum Gasteiger partial charge on any atom is -0.497 e. The summed E-state index contributed by atoms with van der Waals surface area (Å²) in [7, 11) is 3.16. The number of methoxy groups -OCH3 is 2. The summed E-state index contributed by atoms with van der Waals surface area (Å²) >= 11 is 0. The van der Waals surface area contributed by atoms with Crippen LogP contribution in [0.25, 0.3) is 0 Å². The van der Waals surface area contributed by atoms with Gasteiger partial charge in [0.2, 0.25) is 5.95 Å². The number of aromatic nitrogens is 2. The monoisotopic (exact) mass is 486 g/mol. The minimum absolute atomic E-state index is 0.131. The predicted octanol–water partition coefficient (Wildman–Crippen LogP) is 2.13. The number of ether oxygens (including phenoxy) is 3. The maximum atomic E-state index is 13.3. The Morgan fingerprint density at radius 3 is 2.63 bits per heavy atom. The van der Waals surface area contributed by atoms with Crippen molar-refractivity contribution in [3.63, 3.8) is 0 Å². The summed E-state index contributed by atoms with van der Waals surface area (Å²) in [6, 6.07) is 5.20. The first kappa shape index (κ1) is 24.7. The van der Waals surface area contributed by atoms with E-state index in [9.17, 15) is 9.18 Å². The van der Waals surface area contributed by atoms with Gasteiger partial charge in [0.05, 0.1) is 31.2 Å². The average Bonchev–Trinajstić information content (AvgIpc) is 3.00. The SMILES string of the molecule is COCC1=COc2ccc(OC)cc2C(=O)N1CCCCN1CCN(c2ncc(F)c(N)n2)CC1. The molecule has 1 amide bonds. The summed E-state index contributed by atoms with van der Waals surface area (Å²) in [5, 5.41) is 0. The summed E-state index contributed by atoms with van der Waals surface area (Å²) in [6.07, 6.45) is 4.45. The Kier molecular flexibility index (Phi) is 7.98. The van der Waals surface area contributed by atoms with Gasteiger partial charge in [-0.2, -0.15) is 4.98 Å². The highest BCUT2D eigenvalue weighted by Gasteiger charge is 2.27. The van der Waals surface area contributed by atoms with Crippen LogP contribution in [0.4, 0.5) is 16.2 Å². The molecule has 2 aliphatic rings. The third-order valence-electron chi connectivity index (χ3n) is 6.14. The normalized spacial score (nSPS) is 16.4. The van der Waals surface area contributed by atoms with Crippen molar-refractivity contribution in [1.82, 2.24) is 19.8 Å². The van der Waals surface area contributed by atoms with E-state index in [1.807, 2.05) is 4.90 Å². The molecule has 0 unspecified atom stereocenters. The number of rotatable bonds is 9. The van der Waals surface area contributed by atoms with Gasteiger partial charge in [-0.05, 0) is 37.6 Å². The number of hydrogen-bond acceptors (Lipinski definition) is 9. The van der Waals surface area contributed by atoms with E-state index in [2.05, 4.69) is 14.9 Å². The molecule has 0 bridgehead atoms. The van der Waals surface area contributed by atoms with E-state index in [1.54, 1.807) is 43.6 Å². The van der Waals surface area contributed by atoms with Gasteiger partial charge in [-0.25, -0.2) is 9.37 Å². The predicted molar refractivity (Wildman–Crippen MR) is 129 cm³/mol. The zero-order valence-electron chi connectivity index (χ0n) is 20.1. The molecule has 4 rings (SSSR count). The molecule has 3 heterocycles. The highest BCUT2D eigenvalue weighted by molar-refractivity contribution is 5.98. The van der Waals surface area contributed by atoms with Crippen LogP contribution < -0.4 is 20.1 Å². The smallest absolute Gasteiger partial charge is 0.262 e. The third-order valence-corrected chi connectivity index (χ3v) is 6.14. The van der Waals surface area contributed by atoms with Crippen LogP contribution in [0.3, 0.4) is 0 Å². The first-order valence-electron chi connectivity index (χ1n) is 11.6. The maximum Gasteiger partial charge on any atom is 0.262 e. The summed E-state index contributed by atoms with van der Waals surface area (Å²) in [5.41, 5.74) is 6.71. The van der Waals surface area contributed by atoms with Gasteiger partial charge in [-0.1, -0.05) is 0 Å². The van der Waals surface area contributed by atoms with E-state index in [-0.39, 0.29) is 18.3 Å². The number of nitrogens with zero attached hydrogens (tertiary/aromatic N) is 5. The number of carbonyl (C=O) groups is 1. The van der Waals surface area contributed by atoms with Crippen LogP contribution in [-0.2, 0) is 4.74 Å². The van der Waals surface area contributed by atoms with Gasteiger partial charge in [0.1, 0.15) is 17.8 Å². The Balaban J connectivity index is 1.29. The molecule has 188 valence electrons. The van der Waals surface area contributed by atoms with Crippen LogP contribution in [0.2, 0.25) is 0 Å². The summed E-state index contributed by atoms with van der Waals surface area (Å²) in [5.74, 6) is 0.689. The molecule has 35 heavy (non-hydrogen) atoms. The average molecular weight is 487 g/mol. The molecule has 1 aromatic carbocycles. The molecular formula is C24H31FN6O4. The van der Waals surface area contributed by atoms with E-state index < -0.39 is 5.82 Å². The second kappa shape index (κ2) is 11.3. The van der Waals surface area contributed by atoms with Crippen LogP contribution in [0.1, 0.15) is 23.2 Å². The Hall–Kier alpha value is -3.44. The Morgan fingerprint density at radius 2 is 1.91 bits per heavy atom. The van der Waals surface area contributed by atoms with Crippen molar-refractivity contribution in [3.05, 3.63) is 47.7 Å². The molecule has 0 spiro atoms. The molecule has 0 aliphatic carbocycles. The Labute approximate surface area is 204 Å². The standard InChI is InChI=1S/C24H31FN6O4/c1-33-15-17-16-35-21-6-5-18(34-2)13-19(21)23(32)31(17)8-4-3-7-29-9-11-30(12-10-29)24-27-14-20(25)22(26)28-24/h5-6,13-14,16H,3-4,7-12,15H2,1-2H3,(H2,26,27,28). The van der Waals surface area contributed by atoms with Gasteiger partial charge in [0, 0.05) is 39.8 Å². The number of hydrogen-bond donors (Lipinski definition) is 1. The maximum absolute atomic E-state index is 13.3. The number of unbranched alkanes of at least 4 members (excludes halogenated alkanes) is 1. The quantitative estimate of drug-likeness (QED) is 0.534. The number of benzene rings is 1. The zero-order chi connectivity index (χ0) is 24.8. The molecule has 10 nitrogen and oxygen atoms in total. The van der Waals surface area contributed by atoms with E-state index >= 15 is 0 Å². The van der Waals surface area contributed by atoms with Gasteiger partial charge in [0.15, 0.2) is 11.6 Å². The molecule has 11 heteroatoms. The fourth-order valence-electron chi connectivity index (χ4n) is 4.18. The van der Waals surface area contributed by atoms with Crippen molar-refractivity contribution in [2.75, 3.05) is 70.7 Å². The van der Waals surface area contributed by atoms with Crippen molar-refractivity contribution in [2.45, 2.75) is 12.8 Å². The first-order chi connectivity index (χ1) is 17.0. The summed E-state index contributed by atoms with van der Waals surface area (Å²) < 4.78 is 29.7. The van der Waals surface area contributed by atoms with Crippen LogP contribution in [0.5, 0.6) is 11.5 Å². The topological polar surface area (TPSA) is 106 Å². The number of nitrogen functional groups attached to an aromatic ring is 1. The highest BCUT2D eigenvalue weighted by Crippen LogP contribution is 2.30. The second-order valence-corrected chi connectivity index (χ2v) is 8.42. The molecular weight excluding hydrogens is 455 g/mol. The molecule has 1 fully saturated rings.